The van der Waals surface area contributed by atoms with E-state index in [0.717, 1.165) is 38.5 Å². The van der Waals surface area contributed by atoms with Crippen LogP contribution >= 0.6 is 0 Å². The van der Waals surface area contributed by atoms with Crippen molar-refractivity contribution in [3.05, 3.63) is 29.8 Å². The average Bonchev–Trinajstić information content (AvgIpc) is 2.87. The van der Waals surface area contributed by atoms with Gasteiger partial charge in [0.2, 0.25) is 0 Å². The van der Waals surface area contributed by atoms with Crippen molar-refractivity contribution in [3.63, 3.8) is 0 Å². The summed E-state index contributed by atoms with van der Waals surface area (Å²) < 4.78 is 5.55. The van der Waals surface area contributed by atoms with Crippen LogP contribution < -0.4 is 0 Å². The van der Waals surface area contributed by atoms with Crippen LogP contribution in [-0.4, -0.2) is 17.7 Å². The number of phenolic OH excluding ortho intramolecular Hbond substituents is 1. The van der Waals surface area contributed by atoms with E-state index in [-0.39, 0.29) is 5.97 Å². The normalized spacial score (nSPS) is 13.0. The molecule has 202 valence electrons. The van der Waals surface area contributed by atoms with Gasteiger partial charge in [0, 0.05) is 6.42 Å². The number of carbonyl (C=O) groups is 1. The molecular weight excluding hydrogens is 432 g/mol. The van der Waals surface area contributed by atoms with Gasteiger partial charge in [-0.1, -0.05) is 123 Å². The second-order valence-corrected chi connectivity index (χ2v) is 10.6. The highest BCUT2D eigenvalue weighted by Gasteiger charge is 2.13. The highest BCUT2D eigenvalue weighted by atomic mass is 16.5. The van der Waals surface area contributed by atoms with Gasteiger partial charge in [-0.25, -0.2) is 0 Å². The lowest BCUT2D eigenvalue weighted by Gasteiger charge is -2.18. The van der Waals surface area contributed by atoms with Gasteiger partial charge in [0.15, 0.2) is 0 Å². The number of carbonyl (C=O) groups excluding carboxylic acids is 1. The zero-order valence-corrected chi connectivity index (χ0v) is 23.4. The lowest BCUT2D eigenvalue weighted by molar-refractivity contribution is -0.145. The Morgan fingerprint density at radius 1 is 0.714 bits per heavy atom. The molecule has 2 unspecified atom stereocenters. The van der Waals surface area contributed by atoms with Gasteiger partial charge in [-0.15, -0.1) is 0 Å². The van der Waals surface area contributed by atoms with Crippen LogP contribution in [-0.2, 0) is 9.53 Å². The van der Waals surface area contributed by atoms with E-state index < -0.39 is 0 Å². The molecule has 35 heavy (non-hydrogen) atoms. The van der Waals surface area contributed by atoms with Crippen LogP contribution in [0.25, 0.3) is 0 Å². The monoisotopic (exact) mass is 488 g/mol. The summed E-state index contributed by atoms with van der Waals surface area (Å²) in [5.41, 5.74) is 1.35. The predicted octanol–water partition coefficient (Wildman–Crippen LogP) is 10.1. The largest absolute Gasteiger partial charge is 0.508 e. The van der Waals surface area contributed by atoms with Gasteiger partial charge < -0.3 is 9.84 Å². The molecule has 3 nitrogen and oxygen atoms in total. The van der Waals surface area contributed by atoms with Crippen molar-refractivity contribution in [2.75, 3.05) is 6.61 Å². The number of rotatable bonds is 23. The van der Waals surface area contributed by atoms with Crippen LogP contribution in [0.5, 0.6) is 5.75 Å². The molecule has 0 saturated heterocycles. The van der Waals surface area contributed by atoms with E-state index in [9.17, 15) is 9.90 Å². The summed E-state index contributed by atoms with van der Waals surface area (Å²) in [5.74, 6) is 1.39. The van der Waals surface area contributed by atoms with Crippen molar-refractivity contribution in [2.45, 2.75) is 149 Å². The summed E-state index contributed by atoms with van der Waals surface area (Å²) in [6.45, 7) is 7.27. The molecule has 0 aliphatic heterocycles. The molecule has 0 spiro atoms. The summed E-state index contributed by atoms with van der Waals surface area (Å²) in [4.78, 5) is 12.1. The van der Waals surface area contributed by atoms with Gasteiger partial charge >= 0.3 is 5.97 Å². The third-order valence-corrected chi connectivity index (χ3v) is 7.48. The zero-order valence-electron chi connectivity index (χ0n) is 23.4. The van der Waals surface area contributed by atoms with Gasteiger partial charge in [0.05, 0.1) is 6.61 Å². The molecule has 0 bridgehead atoms. The molecule has 0 radical (unpaired) electrons. The minimum Gasteiger partial charge on any atom is -0.508 e. The Bertz CT molecular complexity index is 610. The topological polar surface area (TPSA) is 46.5 Å². The number of benzene rings is 1. The molecule has 0 aromatic heterocycles. The predicted molar refractivity (Wildman–Crippen MR) is 150 cm³/mol. The summed E-state index contributed by atoms with van der Waals surface area (Å²) >= 11 is 0. The number of hydrogen-bond acceptors (Lipinski definition) is 3. The lowest BCUT2D eigenvalue weighted by atomic mass is 9.88. The maximum atomic E-state index is 12.1. The first kappa shape index (κ1) is 31.5. The fourth-order valence-electron chi connectivity index (χ4n) is 4.94. The number of phenols is 1. The van der Waals surface area contributed by atoms with Gasteiger partial charge in [-0.2, -0.15) is 0 Å². The maximum Gasteiger partial charge on any atom is 0.305 e. The smallest absolute Gasteiger partial charge is 0.305 e. The second-order valence-electron chi connectivity index (χ2n) is 10.6. The van der Waals surface area contributed by atoms with Gasteiger partial charge in [0.1, 0.15) is 5.75 Å². The molecule has 0 saturated carbocycles. The summed E-state index contributed by atoms with van der Waals surface area (Å²) in [6, 6.07) is 7.82. The third kappa shape index (κ3) is 16.7. The minimum absolute atomic E-state index is 0.0234. The van der Waals surface area contributed by atoms with Gasteiger partial charge in [0.25, 0.3) is 0 Å². The van der Waals surface area contributed by atoms with E-state index in [1.165, 1.54) is 82.6 Å². The third-order valence-electron chi connectivity index (χ3n) is 7.48. The standard InChI is InChI=1S/C32H56O3/c1-4-7-9-10-11-12-13-14-16-20-29(30-23-25-31(33)26-24-30)21-17-15-18-22-32(34)35-27-28(6-3)19-8-5-2/h23-26,28-29,33H,4-22,27H2,1-3H3. The van der Waals surface area contributed by atoms with E-state index in [1.807, 2.05) is 12.1 Å². The number of unbranched alkanes of at least 4 members (excludes halogenated alkanes) is 11. The van der Waals surface area contributed by atoms with E-state index in [2.05, 4.69) is 32.9 Å². The van der Waals surface area contributed by atoms with Crippen molar-refractivity contribution < 1.29 is 14.6 Å². The molecule has 2 atom stereocenters. The average molecular weight is 489 g/mol. The molecule has 0 fully saturated rings. The van der Waals surface area contributed by atoms with Crippen LogP contribution in [0, 0.1) is 5.92 Å². The first-order chi connectivity index (χ1) is 17.1. The Hall–Kier alpha value is -1.51. The van der Waals surface area contributed by atoms with Gasteiger partial charge in [-0.05, 0) is 55.2 Å². The zero-order chi connectivity index (χ0) is 25.6. The van der Waals surface area contributed by atoms with E-state index in [1.54, 1.807) is 0 Å². The molecule has 0 aliphatic carbocycles. The maximum absolute atomic E-state index is 12.1. The van der Waals surface area contributed by atoms with Crippen molar-refractivity contribution in [1.82, 2.24) is 0 Å². The molecule has 3 heteroatoms. The van der Waals surface area contributed by atoms with Crippen LogP contribution in [0.15, 0.2) is 24.3 Å². The first-order valence-electron chi connectivity index (χ1n) is 15.0. The van der Waals surface area contributed by atoms with Crippen LogP contribution in [0.3, 0.4) is 0 Å². The molecule has 0 amide bonds. The highest BCUT2D eigenvalue weighted by molar-refractivity contribution is 5.69. The highest BCUT2D eigenvalue weighted by Crippen LogP contribution is 2.30. The Labute approximate surface area is 217 Å². The number of ether oxygens (including phenoxy) is 1. The van der Waals surface area contributed by atoms with E-state index >= 15 is 0 Å². The van der Waals surface area contributed by atoms with Gasteiger partial charge in [-0.3, -0.25) is 4.79 Å². The summed E-state index contributed by atoms with van der Waals surface area (Å²) in [5, 5.41) is 9.68. The fraction of sp³-hybridized carbons (Fsp3) is 0.781. The SMILES string of the molecule is CCCCCCCCCCCC(CCCCCC(=O)OCC(CC)CCCC)c1ccc(O)cc1. The number of aromatic hydroxyl groups is 1. The molecule has 1 aromatic carbocycles. The van der Waals surface area contributed by atoms with Crippen LogP contribution in [0.4, 0.5) is 0 Å². The number of hydrogen-bond donors (Lipinski definition) is 1. The second kappa shape index (κ2) is 21.7. The molecule has 0 heterocycles. The van der Waals surface area contributed by atoms with E-state index in [4.69, 9.17) is 4.74 Å². The quantitative estimate of drug-likeness (QED) is 0.123. The Kier molecular flexibility index (Phi) is 19.6. The van der Waals surface area contributed by atoms with Crippen LogP contribution in [0.1, 0.15) is 154 Å². The van der Waals surface area contributed by atoms with E-state index in [0.29, 0.717) is 30.6 Å². The Balaban J connectivity index is 2.27. The molecule has 0 aliphatic rings. The number of esters is 1. The Morgan fingerprint density at radius 2 is 1.26 bits per heavy atom. The minimum atomic E-state index is -0.0234. The van der Waals surface area contributed by atoms with Crippen molar-refractivity contribution >= 4 is 5.97 Å². The summed E-state index contributed by atoms with van der Waals surface area (Å²) in [6.07, 6.45) is 23.0. The Morgan fingerprint density at radius 3 is 1.83 bits per heavy atom. The van der Waals surface area contributed by atoms with Crippen molar-refractivity contribution in [1.29, 1.82) is 0 Å². The first-order valence-corrected chi connectivity index (χ1v) is 15.0. The summed E-state index contributed by atoms with van der Waals surface area (Å²) in [7, 11) is 0. The molecule has 1 N–H and O–H groups in total. The van der Waals surface area contributed by atoms with Crippen LogP contribution in [0.2, 0.25) is 0 Å². The van der Waals surface area contributed by atoms with Crippen molar-refractivity contribution in [2.24, 2.45) is 5.92 Å². The molecule has 1 rings (SSSR count). The van der Waals surface area contributed by atoms with Crippen molar-refractivity contribution in [3.8, 4) is 5.75 Å². The molecule has 1 aromatic rings. The lowest BCUT2D eigenvalue weighted by Crippen LogP contribution is -2.13. The molecular formula is C32H56O3. The fourth-order valence-corrected chi connectivity index (χ4v) is 4.94.